The third-order valence-corrected chi connectivity index (χ3v) is 2.46. The van der Waals surface area contributed by atoms with Gasteiger partial charge in [0.25, 0.3) is 0 Å². The first-order chi connectivity index (χ1) is 7.31. The Balaban J connectivity index is 2.16. The predicted octanol–water partition coefficient (Wildman–Crippen LogP) is 2.72. The quantitative estimate of drug-likeness (QED) is 0.714. The standard InChI is InChI=1S/C12H14O3/c1-2-10-5-6-11(15-10)12(13)9-4-3-7-14-8-9/h5-6,8H,2-4,7H2,1H3. The molecule has 3 nitrogen and oxygen atoms in total. The van der Waals surface area contributed by atoms with Gasteiger partial charge in [-0.05, 0) is 25.0 Å². The lowest BCUT2D eigenvalue weighted by atomic mass is 10.0. The molecule has 3 heteroatoms. The van der Waals surface area contributed by atoms with Crippen LogP contribution < -0.4 is 0 Å². The molecule has 1 aliphatic rings. The molecule has 2 rings (SSSR count). The summed E-state index contributed by atoms with van der Waals surface area (Å²) >= 11 is 0. The molecule has 80 valence electrons. The van der Waals surface area contributed by atoms with Gasteiger partial charge in [0.05, 0.1) is 12.9 Å². The second-order valence-electron chi connectivity index (χ2n) is 3.57. The van der Waals surface area contributed by atoms with Gasteiger partial charge in [-0.2, -0.15) is 0 Å². The summed E-state index contributed by atoms with van der Waals surface area (Å²) in [7, 11) is 0. The first-order valence-electron chi connectivity index (χ1n) is 5.25. The number of carbonyl (C=O) groups is 1. The average molecular weight is 206 g/mol. The topological polar surface area (TPSA) is 39.4 Å². The minimum absolute atomic E-state index is 0.0469. The van der Waals surface area contributed by atoms with Gasteiger partial charge in [0, 0.05) is 12.0 Å². The number of hydrogen-bond donors (Lipinski definition) is 0. The molecule has 15 heavy (non-hydrogen) atoms. The van der Waals surface area contributed by atoms with E-state index in [1.54, 1.807) is 12.3 Å². The van der Waals surface area contributed by atoms with Crippen molar-refractivity contribution in [3.05, 3.63) is 35.5 Å². The Bertz CT molecular complexity index is 387. The number of allylic oxidation sites excluding steroid dienone is 1. The van der Waals surface area contributed by atoms with E-state index in [9.17, 15) is 4.79 Å². The number of furan rings is 1. The number of ketones is 1. The second-order valence-corrected chi connectivity index (χ2v) is 3.57. The van der Waals surface area contributed by atoms with Crippen LogP contribution in [-0.2, 0) is 11.2 Å². The third kappa shape index (κ3) is 2.12. The normalized spacial score (nSPS) is 15.7. The van der Waals surface area contributed by atoms with Crippen LogP contribution in [0.25, 0.3) is 0 Å². The van der Waals surface area contributed by atoms with Crippen molar-refractivity contribution in [1.29, 1.82) is 0 Å². The molecule has 0 N–H and O–H groups in total. The summed E-state index contributed by atoms with van der Waals surface area (Å²) in [6.07, 6.45) is 4.04. The Morgan fingerprint density at radius 2 is 2.33 bits per heavy atom. The number of Topliss-reactive ketones (excluding diaryl/α,β-unsaturated/α-hetero) is 1. The fraction of sp³-hybridized carbons (Fsp3) is 0.417. The molecule has 0 spiro atoms. The van der Waals surface area contributed by atoms with E-state index in [0.717, 1.165) is 25.0 Å². The summed E-state index contributed by atoms with van der Waals surface area (Å²) in [4.78, 5) is 11.9. The molecule has 0 saturated carbocycles. The van der Waals surface area contributed by atoms with Crippen molar-refractivity contribution >= 4 is 5.78 Å². The van der Waals surface area contributed by atoms with Crippen LogP contribution >= 0.6 is 0 Å². The molecule has 0 aromatic carbocycles. The van der Waals surface area contributed by atoms with E-state index in [1.807, 2.05) is 13.0 Å². The van der Waals surface area contributed by atoms with E-state index >= 15 is 0 Å². The Labute approximate surface area is 88.7 Å². The minimum atomic E-state index is -0.0469. The zero-order valence-corrected chi connectivity index (χ0v) is 8.79. The average Bonchev–Trinajstić information content (AvgIpc) is 2.78. The minimum Gasteiger partial charge on any atom is -0.501 e. The van der Waals surface area contributed by atoms with E-state index in [1.165, 1.54) is 0 Å². The molecular weight excluding hydrogens is 192 g/mol. The Kier molecular flexibility index (Phi) is 2.90. The van der Waals surface area contributed by atoms with E-state index in [0.29, 0.717) is 17.9 Å². The predicted molar refractivity (Wildman–Crippen MR) is 55.7 cm³/mol. The number of ether oxygens (including phenoxy) is 1. The number of rotatable bonds is 3. The van der Waals surface area contributed by atoms with Crippen LogP contribution in [0.15, 0.2) is 28.4 Å². The Morgan fingerprint density at radius 3 is 2.93 bits per heavy atom. The van der Waals surface area contributed by atoms with Crippen LogP contribution in [0.3, 0.4) is 0 Å². The molecular formula is C12H14O3. The molecule has 0 saturated heterocycles. The van der Waals surface area contributed by atoms with Crippen LogP contribution in [0.4, 0.5) is 0 Å². The van der Waals surface area contributed by atoms with E-state index in [2.05, 4.69) is 0 Å². The first-order valence-corrected chi connectivity index (χ1v) is 5.25. The SMILES string of the molecule is CCc1ccc(C(=O)C2=COCCC2)o1. The van der Waals surface area contributed by atoms with Crippen molar-refractivity contribution in [2.45, 2.75) is 26.2 Å². The molecule has 1 aromatic heterocycles. The van der Waals surface area contributed by atoms with Crippen molar-refractivity contribution in [3.8, 4) is 0 Å². The number of aryl methyl sites for hydroxylation is 1. The summed E-state index contributed by atoms with van der Waals surface area (Å²) in [6.45, 7) is 2.70. The van der Waals surface area contributed by atoms with Gasteiger partial charge in [-0.1, -0.05) is 6.92 Å². The first kappa shape index (κ1) is 10.0. The van der Waals surface area contributed by atoms with Crippen LogP contribution in [0.5, 0.6) is 0 Å². The molecule has 0 amide bonds. The zero-order valence-electron chi connectivity index (χ0n) is 8.79. The van der Waals surface area contributed by atoms with Crippen LogP contribution in [-0.4, -0.2) is 12.4 Å². The molecule has 1 aliphatic heterocycles. The number of carbonyl (C=O) groups excluding carboxylic acids is 1. The van der Waals surface area contributed by atoms with Crippen LogP contribution in [0.1, 0.15) is 36.1 Å². The monoisotopic (exact) mass is 206 g/mol. The molecule has 1 aromatic rings. The maximum absolute atomic E-state index is 11.9. The zero-order chi connectivity index (χ0) is 10.7. The molecule has 0 bridgehead atoms. The molecule has 0 atom stereocenters. The smallest absolute Gasteiger partial charge is 0.227 e. The lowest BCUT2D eigenvalue weighted by Crippen LogP contribution is -2.08. The fourth-order valence-electron chi connectivity index (χ4n) is 1.58. The lowest BCUT2D eigenvalue weighted by molar-refractivity contribution is 0.0982. The highest BCUT2D eigenvalue weighted by molar-refractivity contribution is 6.06. The van der Waals surface area contributed by atoms with Gasteiger partial charge in [0.1, 0.15) is 5.76 Å². The van der Waals surface area contributed by atoms with Gasteiger partial charge in [-0.15, -0.1) is 0 Å². The van der Waals surface area contributed by atoms with Gasteiger partial charge in [-0.25, -0.2) is 0 Å². The van der Waals surface area contributed by atoms with Crippen LogP contribution in [0, 0.1) is 0 Å². The van der Waals surface area contributed by atoms with Crippen molar-refractivity contribution in [2.24, 2.45) is 0 Å². The highest BCUT2D eigenvalue weighted by Crippen LogP contribution is 2.19. The largest absolute Gasteiger partial charge is 0.501 e. The third-order valence-electron chi connectivity index (χ3n) is 2.46. The molecule has 0 unspecified atom stereocenters. The lowest BCUT2D eigenvalue weighted by Gasteiger charge is -2.11. The van der Waals surface area contributed by atoms with Crippen molar-refractivity contribution < 1.29 is 13.9 Å². The van der Waals surface area contributed by atoms with E-state index in [-0.39, 0.29) is 5.78 Å². The van der Waals surface area contributed by atoms with Gasteiger partial charge < -0.3 is 9.15 Å². The fourth-order valence-corrected chi connectivity index (χ4v) is 1.58. The second kappa shape index (κ2) is 4.34. The summed E-state index contributed by atoms with van der Waals surface area (Å²) < 4.78 is 10.5. The molecule has 0 fully saturated rings. The molecule has 2 heterocycles. The van der Waals surface area contributed by atoms with Crippen molar-refractivity contribution in [2.75, 3.05) is 6.61 Å². The maximum atomic E-state index is 11.9. The molecule has 0 aliphatic carbocycles. The van der Waals surface area contributed by atoms with Gasteiger partial charge in [0.15, 0.2) is 5.76 Å². The van der Waals surface area contributed by atoms with Gasteiger partial charge in [0.2, 0.25) is 5.78 Å². The Hall–Kier alpha value is -1.51. The maximum Gasteiger partial charge on any atom is 0.227 e. The van der Waals surface area contributed by atoms with Gasteiger partial charge >= 0.3 is 0 Å². The number of hydrogen-bond acceptors (Lipinski definition) is 3. The summed E-state index contributed by atoms with van der Waals surface area (Å²) in [5.41, 5.74) is 0.707. The molecule has 0 radical (unpaired) electrons. The van der Waals surface area contributed by atoms with E-state index < -0.39 is 0 Å². The van der Waals surface area contributed by atoms with E-state index in [4.69, 9.17) is 9.15 Å². The van der Waals surface area contributed by atoms with Gasteiger partial charge in [-0.3, -0.25) is 4.79 Å². The highest BCUT2D eigenvalue weighted by atomic mass is 16.5. The van der Waals surface area contributed by atoms with Crippen LogP contribution in [0.2, 0.25) is 0 Å². The highest BCUT2D eigenvalue weighted by Gasteiger charge is 2.18. The Morgan fingerprint density at radius 1 is 1.47 bits per heavy atom. The van der Waals surface area contributed by atoms with Crippen molar-refractivity contribution in [3.63, 3.8) is 0 Å². The summed E-state index contributed by atoms with van der Waals surface area (Å²) in [6, 6.07) is 3.58. The van der Waals surface area contributed by atoms with Crippen molar-refractivity contribution in [1.82, 2.24) is 0 Å². The summed E-state index contributed by atoms with van der Waals surface area (Å²) in [5, 5.41) is 0. The summed E-state index contributed by atoms with van der Waals surface area (Å²) in [5.74, 6) is 1.22.